The number of halogens is 6. The van der Waals surface area contributed by atoms with Crippen LogP contribution in [0.1, 0.15) is 12.0 Å². The van der Waals surface area contributed by atoms with Gasteiger partial charge in [-0.1, -0.05) is 0 Å². The molecule has 7 nitrogen and oxygen atoms in total. The van der Waals surface area contributed by atoms with E-state index in [1.807, 2.05) is 0 Å². The van der Waals surface area contributed by atoms with E-state index in [-0.39, 0.29) is 29.5 Å². The Morgan fingerprint density at radius 1 is 1.13 bits per heavy atom. The summed E-state index contributed by atoms with van der Waals surface area (Å²) in [4.78, 5) is 7.64. The third kappa shape index (κ3) is 3.90. The van der Waals surface area contributed by atoms with Crippen molar-refractivity contribution in [1.82, 2.24) is 19.6 Å². The summed E-state index contributed by atoms with van der Waals surface area (Å²) in [6, 6.07) is 2.11. The molecule has 1 fully saturated rings. The molecule has 0 aliphatic carbocycles. The molecule has 13 heteroatoms. The zero-order valence-electron chi connectivity index (χ0n) is 15.6. The fourth-order valence-corrected chi connectivity index (χ4v) is 3.15. The lowest BCUT2D eigenvalue weighted by Crippen LogP contribution is -2.42. The molecule has 166 valence electrons. The zero-order valence-corrected chi connectivity index (χ0v) is 15.6. The molecule has 2 N–H and O–H groups in total. The molecule has 31 heavy (non-hydrogen) atoms. The molecule has 1 aliphatic rings. The molecule has 0 aromatic carbocycles. The number of rotatable bonds is 4. The van der Waals surface area contributed by atoms with Gasteiger partial charge in [-0.05, 0) is 18.6 Å². The standard InChI is InChI=1S/C18H15F6N5O2/c19-10-5-13(11-2-1-9(6-25-11)17(20,21)18(22,23)24)29-14(10)7-26-16(28-29)27-12-3-4-31-8-15(12)30/h1-2,5-7,12,15,30H,3-4,8H2,(H,27,28)/t12-,15-/m1/s1. The summed E-state index contributed by atoms with van der Waals surface area (Å²) in [6.45, 7) is 0.543. The van der Waals surface area contributed by atoms with Gasteiger partial charge in [0.1, 0.15) is 5.52 Å². The van der Waals surface area contributed by atoms with Crippen molar-refractivity contribution in [3.8, 4) is 11.4 Å². The lowest BCUT2D eigenvalue weighted by atomic mass is 10.1. The second kappa shape index (κ2) is 7.64. The maximum absolute atomic E-state index is 14.3. The quantitative estimate of drug-likeness (QED) is 0.598. The van der Waals surface area contributed by atoms with Crippen molar-refractivity contribution in [3.63, 3.8) is 0 Å². The van der Waals surface area contributed by atoms with Crippen LogP contribution in [-0.4, -0.2) is 56.2 Å². The molecule has 4 rings (SSSR count). The Morgan fingerprint density at radius 3 is 2.55 bits per heavy atom. The maximum Gasteiger partial charge on any atom is 0.458 e. The number of alkyl halides is 5. The lowest BCUT2D eigenvalue weighted by molar-refractivity contribution is -0.289. The minimum atomic E-state index is -5.77. The number of pyridine rings is 1. The van der Waals surface area contributed by atoms with Crippen molar-refractivity contribution in [3.05, 3.63) is 42.0 Å². The van der Waals surface area contributed by atoms with Crippen LogP contribution in [0.25, 0.3) is 16.9 Å². The molecule has 3 aromatic heterocycles. The highest BCUT2D eigenvalue weighted by Crippen LogP contribution is 2.43. The van der Waals surface area contributed by atoms with Gasteiger partial charge in [-0.3, -0.25) is 4.98 Å². The smallest absolute Gasteiger partial charge is 0.389 e. The van der Waals surface area contributed by atoms with Gasteiger partial charge in [0.15, 0.2) is 5.82 Å². The molecule has 2 atom stereocenters. The summed E-state index contributed by atoms with van der Waals surface area (Å²) in [5.74, 6) is -5.76. The number of aromatic nitrogens is 4. The van der Waals surface area contributed by atoms with Crippen LogP contribution in [-0.2, 0) is 10.7 Å². The second-order valence-electron chi connectivity index (χ2n) is 6.94. The second-order valence-corrected chi connectivity index (χ2v) is 6.94. The predicted octanol–water partition coefficient (Wildman–Crippen LogP) is 3.15. The third-order valence-electron chi connectivity index (χ3n) is 4.85. The Balaban J connectivity index is 1.67. The Labute approximate surface area is 170 Å². The number of aliphatic hydroxyl groups is 1. The van der Waals surface area contributed by atoms with Crippen LogP contribution in [0.4, 0.5) is 32.3 Å². The summed E-state index contributed by atoms with van der Waals surface area (Å²) in [6.07, 6.45) is -4.54. The van der Waals surface area contributed by atoms with E-state index in [9.17, 15) is 31.4 Å². The van der Waals surface area contributed by atoms with Gasteiger partial charge in [-0.2, -0.15) is 22.0 Å². The van der Waals surface area contributed by atoms with E-state index in [0.29, 0.717) is 25.3 Å². The minimum absolute atomic E-state index is 0.0207. The van der Waals surface area contributed by atoms with Crippen molar-refractivity contribution in [2.45, 2.75) is 30.7 Å². The van der Waals surface area contributed by atoms with Crippen LogP contribution < -0.4 is 5.32 Å². The maximum atomic E-state index is 14.3. The number of hydrogen-bond acceptors (Lipinski definition) is 6. The van der Waals surface area contributed by atoms with E-state index < -0.39 is 35.6 Å². The first-order valence-electron chi connectivity index (χ1n) is 9.06. The van der Waals surface area contributed by atoms with Gasteiger partial charge in [-0.25, -0.2) is 13.9 Å². The zero-order chi connectivity index (χ0) is 22.4. The van der Waals surface area contributed by atoms with Crippen LogP contribution >= 0.6 is 0 Å². The Bertz CT molecular complexity index is 1090. The van der Waals surface area contributed by atoms with Gasteiger partial charge >= 0.3 is 12.1 Å². The fraction of sp³-hybridized carbons (Fsp3) is 0.389. The first kappa shape index (κ1) is 21.3. The molecule has 0 amide bonds. The van der Waals surface area contributed by atoms with Crippen LogP contribution in [0, 0.1) is 5.82 Å². The normalized spacial score (nSPS) is 20.2. The number of ether oxygens (including phenoxy) is 1. The van der Waals surface area contributed by atoms with Crippen molar-refractivity contribution >= 4 is 11.5 Å². The number of nitrogens with one attached hydrogen (secondary N) is 1. The van der Waals surface area contributed by atoms with Crippen LogP contribution in [0.3, 0.4) is 0 Å². The molecule has 0 bridgehead atoms. The number of hydrogen-bond donors (Lipinski definition) is 2. The van der Waals surface area contributed by atoms with Crippen LogP contribution in [0.2, 0.25) is 0 Å². The topological polar surface area (TPSA) is 84.6 Å². The molecule has 0 spiro atoms. The van der Waals surface area contributed by atoms with Gasteiger partial charge in [0.2, 0.25) is 5.95 Å². The molecule has 3 aromatic rings. The molecule has 1 aliphatic heterocycles. The first-order valence-corrected chi connectivity index (χ1v) is 9.06. The summed E-state index contributed by atoms with van der Waals surface area (Å²) in [7, 11) is 0. The van der Waals surface area contributed by atoms with Gasteiger partial charge < -0.3 is 15.2 Å². The van der Waals surface area contributed by atoms with Gasteiger partial charge in [0.25, 0.3) is 0 Å². The molecule has 4 heterocycles. The number of fused-ring (bicyclic) bond motifs is 1. The lowest BCUT2D eigenvalue weighted by Gasteiger charge is -2.28. The highest BCUT2D eigenvalue weighted by Gasteiger charge is 2.58. The summed E-state index contributed by atoms with van der Waals surface area (Å²) >= 11 is 0. The van der Waals surface area contributed by atoms with E-state index in [1.54, 1.807) is 0 Å². The summed E-state index contributed by atoms with van der Waals surface area (Å²) < 4.78 is 85.1. The number of anilines is 1. The largest absolute Gasteiger partial charge is 0.458 e. The van der Waals surface area contributed by atoms with E-state index in [2.05, 4.69) is 20.4 Å². The highest BCUT2D eigenvalue weighted by molar-refractivity contribution is 5.64. The Kier molecular flexibility index (Phi) is 5.25. The Hall–Kier alpha value is -2.93. The molecule has 0 saturated carbocycles. The van der Waals surface area contributed by atoms with Crippen molar-refractivity contribution in [1.29, 1.82) is 0 Å². The Morgan fingerprint density at radius 2 is 1.90 bits per heavy atom. The fourth-order valence-electron chi connectivity index (χ4n) is 3.15. The van der Waals surface area contributed by atoms with Crippen LogP contribution in [0.15, 0.2) is 30.6 Å². The number of nitrogens with zero attached hydrogens (tertiary/aromatic N) is 4. The van der Waals surface area contributed by atoms with E-state index in [0.717, 1.165) is 16.6 Å². The first-order chi connectivity index (χ1) is 14.6. The molecular weight excluding hydrogens is 432 g/mol. The van der Waals surface area contributed by atoms with E-state index >= 15 is 0 Å². The van der Waals surface area contributed by atoms with Crippen molar-refractivity contribution in [2.75, 3.05) is 18.5 Å². The predicted molar refractivity (Wildman–Crippen MR) is 95.0 cm³/mol. The highest BCUT2D eigenvalue weighted by atomic mass is 19.4. The SMILES string of the molecule is O[C@@H]1COCC[C@H]1Nc1ncc2c(F)cc(-c3ccc(C(F)(F)C(F)(F)F)cn3)n2n1. The molecule has 1 saturated heterocycles. The van der Waals surface area contributed by atoms with Crippen molar-refractivity contribution < 1.29 is 36.2 Å². The summed E-state index contributed by atoms with van der Waals surface area (Å²) in [5, 5.41) is 17.0. The van der Waals surface area contributed by atoms with Gasteiger partial charge in [-0.15, -0.1) is 5.10 Å². The van der Waals surface area contributed by atoms with Gasteiger partial charge in [0.05, 0.1) is 36.3 Å². The monoisotopic (exact) mass is 447 g/mol. The van der Waals surface area contributed by atoms with E-state index in [4.69, 9.17) is 4.74 Å². The molecular formula is C18H15F6N5O2. The average Bonchev–Trinajstić information content (AvgIpc) is 3.05. The van der Waals surface area contributed by atoms with Crippen LogP contribution in [0.5, 0.6) is 0 Å². The van der Waals surface area contributed by atoms with Crippen molar-refractivity contribution in [2.24, 2.45) is 0 Å². The molecule has 0 radical (unpaired) electrons. The average molecular weight is 447 g/mol. The summed E-state index contributed by atoms with van der Waals surface area (Å²) in [5.41, 5.74) is -1.45. The number of aliphatic hydroxyl groups excluding tert-OH is 1. The third-order valence-corrected chi connectivity index (χ3v) is 4.85. The molecule has 0 unspecified atom stereocenters. The van der Waals surface area contributed by atoms with Gasteiger partial charge in [0, 0.05) is 24.4 Å². The minimum Gasteiger partial charge on any atom is -0.389 e. The van der Waals surface area contributed by atoms with E-state index in [1.165, 1.54) is 6.20 Å².